The molecule has 7 heteroatoms. The molecule has 0 aliphatic rings. The van der Waals surface area contributed by atoms with E-state index < -0.39 is 6.10 Å². The maximum absolute atomic E-state index is 12.4. The van der Waals surface area contributed by atoms with Gasteiger partial charge in [-0.15, -0.1) is 0 Å². The molecule has 29 heavy (non-hydrogen) atoms. The maximum atomic E-state index is 12.4. The summed E-state index contributed by atoms with van der Waals surface area (Å²) in [4.78, 5) is 23.2. The van der Waals surface area contributed by atoms with Crippen LogP contribution in [-0.4, -0.2) is 42.7 Å². The summed E-state index contributed by atoms with van der Waals surface area (Å²) in [5, 5.41) is 12.4. The van der Waals surface area contributed by atoms with Crippen molar-refractivity contribution in [3.05, 3.63) is 65.7 Å². The first kappa shape index (κ1) is 24.6. The molecule has 158 valence electrons. The molecule has 0 spiro atoms. The average Bonchev–Trinajstić information content (AvgIpc) is 2.71. The van der Waals surface area contributed by atoms with Crippen LogP contribution in [0, 0.1) is 0 Å². The van der Waals surface area contributed by atoms with Gasteiger partial charge in [-0.3, -0.25) is 9.59 Å². The SMILES string of the molecule is CC(=O)OCCOc1cccc(C(=O)CC[NH2+]C(C)C(O)c2ccccc2)c1.[Cl-]. The van der Waals surface area contributed by atoms with Crippen molar-refractivity contribution in [1.29, 1.82) is 0 Å². The Balaban J connectivity index is 0.00000420. The summed E-state index contributed by atoms with van der Waals surface area (Å²) in [7, 11) is 0. The van der Waals surface area contributed by atoms with E-state index in [4.69, 9.17) is 9.47 Å². The van der Waals surface area contributed by atoms with Gasteiger partial charge in [0.2, 0.25) is 0 Å². The molecule has 0 saturated carbocycles. The Hall–Kier alpha value is -2.41. The van der Waals surface area contributed by atoms with Crippen molar-refractivity contribution >= 4 is 11.8 Å². The second-order valence-electron chi connectivity index (χ2n) is 6.63. The van der Waals surface area contributed by atoms with Gasteiger partial charge < -0.3 is 32.3 Å². The zero-order valence-electron chi connectivity index (χ0n) is 16.7. The summed E-state index contributed by atoms with van der Waals surface area (Å²) in [5.74, 6) is 0.230. The van der Waals surface area contributed by atoms with Crippen molar-refractivity contribution in [2.24, 2.45) is 0 Å². The van der Waals surface area contributed by atoms with Crippen LogP contribution in [0.3, 0.4) is 0 Å². The van der Waals surface area contributed by atoms with Gasteiger partial charge >= 0.3 is 5.97 Å². The number of quaternary nitrogens is 1. The molecular weight excluding hydrogens is 394 g/mol. The van der Waals surface area contributed by atoms with Gasteiger partial charge in [0.05, 0.1) is 13.0 Å². The van der Waals surface area contributed by atoms with Crippen LogP contribution < -0.4 is 22.5 Å². The molecule has 2 unspecified atom stereocenters. The summed E-state index contributed by atoms with van der Waals surface area (Å²) in [6.45, 7) is 4.28. The van der Waals surface area contributed by atoms with E-state index in [1.165, 1.54) is 6.92 Å². The lowest BCUT2D eigenvalue weighted by molar-refractivity contribution is -0.693. The fraction of sp³-hybridized carbons (Fsp3) is 0.364. The maximum Gasteiger partial charge on any atom is 0.302 e. The normalized spacial score (nSPS) is 12.4. The number of hydrogen-bond acceptors (Lipinski definition) is 5. The van der Waals surface area contributed by atoms with E-state index in [9.17, 15) is 14.7 Å². The number of esters is 1. The van der Waals surface area contributed by atoms with E-state index >= 15 is 0 Å². The van der Waals surface area contributed by atoms with Gasteiger partial charge in [-0.05, 0) is 24.6 Å². The first-order valence-electron chi connectivity index (χ1n) is 9.43. The highest BCUT2D eigenvalue weighted by molar-refractivity contribution is 5.96. The van der Waals surface area contributed by atoms with Crippen LogP contribution in [0.5, 0.6) is 5.75 Å². The molecule has 0 amide bonds. The Bertz CT molecular complexity index is 769. The molecule has 0 fully saturated rings. The molecule has 0 heterocycles. The van der Waals surface area contributed by atoms with E-state index in [0.29, 0.717) is 24.3 Å². The molecule has 0 aromatic heterocycles. The van der Waals surface area contributed by atoms with Crippen LogP contribution in [0.2, 0.25) is 0 Å². The molecule has 0 radical (unpaired) electrons. The predicted octanol–water partition coefficient (Wildman–Crippen LogP) is -1.11. The molecule has 0 bridgehead atoms. The Morgan fingerprint density at radius 3 is 2.48 bits per heavy atom. The van der Waals surface area contributed by atoms with Crippen molar-refractivity contribution in [2.45, 2.75) is 32.4 Å². The Morgan fingerprint density at radius 2 is 1.79 bits per heavy atom. The smallest absolute Gasteiger partial charge is 0.302 e. The Morgan fingerprint density at radius 1 is 1.07 bits per heavy atom. The van der Waals surface area contributed by atoms with Crippen molar-refractivity contribution in [3.8, 4) is 5.75 Å². The monoisotopic (exact) mass is 421 g/mol. The molecule has 2 rings (SSSR count). The summed E-state index contributed by atoms with van der Waals surface area (Å²) in [5.41, 5.74) is 1.45. The third-order valence-electron chi connectivity index (χ3n) is 4.36. The summed E-state index contributed by atoms with van der Waals surface area (Å²) in [6, 6.07) is 16.4. The molecular formula is C22H28ClNO5. The molecule has 3 N–H and O–H groups in total. The van der Waals surface area contributed by atoms with Crippen molar-refractivity contribution in [2.75, 3.05) is 19.8 Å². The van der Waals surface area contributed by atoms with Gasteiger partial charge in [0.1, 0.15) is 31.1 Å². The highest BCUT2D eigenvalue weighted by Gasteiger charge is 2.19. The number of hydrogen-bond donors (Lipinski definition) is 2. The molecule has 0 aliphatic heterocycles. The van der Waals surface area contributed by atoms with E-state index in [-0.39, 0.29) is 43.4 Å². The summed E-state index contributed by atoms with van der Waals surface area (Å²) >= 11 is 0. The number of carbonyl (C=O) groups is 2. The Labute approximate surface area is 177 Å². The number of ether oxygens (including phenoxy) is 2. The second-order valence-corrected chi connectivity index (χ2v) is 6.63. The van der Waals surface area contributed by atoms with Gasteiger partial charge in [-0.25, -0.2) is 0 Å². The predicted molar refractivity (Wildman–Crippen MR) is 105 cm³/mol. The molecule has 2 aromatic rings. The number of aliphatic hydroxyl groups is 1. The van der Waals surface area contributed by atoms with Crippen LogP contribution in [0.25, 0.3) is 0 Å². The first-order valence-corrected chi connectivity index (χ1v) is 9.43. The van der Waals surface area contributed by atoms with E-state index in [1.54, 1.807) is 24.3 Å². The highest BCUT2D eigenvalue weighted by atomic mass is 35.5. The average molecular weight is 422 g/mol. The molecule has 6 nitrogen and oxygen atoms in total. The molecule has 2 aromatic carbocycles. The minimum Gasteiger partial charge on any atom is -1.00 e. The lowest BCUT2D eigenvalue weighted by atomic mass is 10.0. The molecule has 2 atom stereocenters. The van der Waals surface area contributed by atoms with Crippen LogP contribution in [0.15, 0.2) is 54.6 Å². The minimum atomic E-state index is -0.578. The third kappa shape index (κ3) is 8.64. The zero-order chi connectivity index (χ0) is 20.4. The highest BCUT2D eigenvalue weighted by Crippen LogP contribution is 2.15. The van der Waals surface area contributed by atoms with Crippen LogP contribution in [0.4, 0.5) is 0 Å². The first-order chi connectivity index (χ1) is 13.5. The minimum absolute atomic E-state index is 0. The van der Waals surface area contributed by atoms with Crippen molar-refractivity contribution < 1.29 is 41.9 Å². The molecule has 0 aliphatic carbocycles. The van der Waals surface area contributed by atoms with Gasteiger partial charge in [0.15, 0.2) is 5.78 Å². The van der Waals surface area contributed by atoms with Crippen molar-refractivity contribution in [1.82, 2.24) is 0 Å². The van der Waals surface area contributed by atoms with Crippen LogP contribution in [-0.2, 0) is 9.53 Å². The quantitative estimate of drug-likeness (QED) is 0.273. The lowest BCUT2D eigenvalue weighted by Crippen LogP contribution is -3.00. The van der Waals surface area contributed by atoms with E-state index in [1.807, 2.05) is 42.6 Å². The number of aliphatic hydroxyl groups excluding tert-OH is 1. The summed E-state index contributed by atoms with van der Waals surface area (Å²) < 4.78 is 10.3. The van der Waals surface area contributed by atoms with Gasteiger partial charge in [-0.2, -0.15) is 0 Å². The number of halogens is 1. The van der Waals surface area contributed by atoms with Crippen molar-refractivity contribution in [3.63, 3.8) is 0 Å². The number of rotatable bonds is 11. The number of carbonyl (C=O) groups excluding carboxylic acids is 2. The summed E-state index contributed by atoms with van der Waals surface area (Å²) in [6.07, 6.45) is -0.215. The largest absolute Gasteiger partial charge is 1.00 e. The van der Waals surface area contributed by atoms with E-state index in [2.05, 4.69) is 0 Å². The van der Waals surface area contributed by atoms with E-state index in [0.717, 1.165) is 5.56 Å². The van der Waals surface area contributed by atoms with Gasteiger partial charge in [0, 0.05) is 12.5 Å². The standard InChI is InChI=1S/C22H27NO5.ClH/c1-16(22(26)18-7-4-3-5-8-18)23-12-11-21(25)19-9-6-10-20(15-19)28-14-13-27-17(2)24;/h3-10,15-16,22-23,26H,11-14H2,1-2H3;1H. The number of Topliss-reactive ketones (excluding diaryl/α,β-unsaturated/α-hetero) is 1. The fourth-order valence-electron chi connectivity index (χ4n) is 2.81. The third-order valence-corrected chi connectivity index (χ3v) is 4.36. The lowest BCUT2D eigenvalue weighted by Gasteiger charge is -2.17. The van der Waals surface area contributed by atoms with Crippen LogP contribution in [0.1, 0.15) is 42.3 Å². The zero-order valence-corrected chi connectivity index (χ0v) is 17.5. The number of nitrogens with two attached hydrogens (primary N) is 1. The number of benzene rings is 2. The van der Waals surface area contributed by atoms with Gasteiger partial charge in [-0.1, -0.05) is 42.5 Å². The fourth-order valence-corrected chi connectivity index (χ4v) is 2.81. The second kappa shape index (κ2) is 12.9. The molecule has 0 saturated heterocycles. The topological polar surface area (TPSA) is 89.4 Å². The number of ketones is 1. The van der Waals surface area contributed by atoms with Gasteiger partial charge in [0.25, 0.3) is 0 Å². The van der Waals surface area contributed by atoms with Crippen LogP contribution >= 0.6 is 0 Å². The Kier molecular flexibility index (Phi) is 11.0.